The van der Waals surface area contributed by atoms with Gasteiger partial charge in [0.05, 0.1) is 15.8 Å². The number of ether oxygens (including phenoxy) is 1. The van der Waals surface area contributed by atoms with Crippen molar-refractivity contribution in [2.24, 2.45) is 0 Å². The number of aryl methyl sites for hydroxylation is 1. The molecule has 0 unspecified atom stereocenters. The van der Waals surface area contributed by atoms with Gasteiger partial charge in [0.15, 0.2) is 5.78 Å². The summed E-state index contributed by atoms with van der Waals surface area (Å²) in [5.74, 6) is 0.995. The van der Waals surface area contributed by atoms with Crippen LogP contribution in [0.2, 0.25) is 0 Å². The van der Waals surface area contributed by atoms with Crippen LogP contribution in [0, 0.1) is 0 Å². The molecule has 2 aromatic heterocycles. The SMILES string of the molecule is CC(C)(C)OC(=O)N1CCN(c2cc3c(cn2)C=C(c2nc4ccccc4s2)C(=O)CC3)CC1. The number of Topliss-reactive ketones (excluding diaryl/α,β-unsaturated/α-hetero) is 1. The van der Waals surface area contributed by atoms with Crippen LogP contribution < -0.4 is 4.90 Å². The summed E-state index contributed by atoms with van der Waals surface area (Å²) >= 11 is 1.55. The van der Waals surface area contributed by atoms with E-state index < -0.39 is 5.60 Å². The Morgan fingerprint density at radius 3 is 2.59 bits per heavy atom. The van der Waals surface area contributed by atoms with Gasteiger partial charge in [0.2, 0.25) is 0 Å². The molecule has 0 spiro atoms. The van der Waals surface area contributed by atoms with Crippen LogP contribution in [0.4, 0.5) is 10.6 Å². The molecule has 1 saturated heterocycles. The minimum absolute atomic E-state index is 0.114. The molecule has 0 bridgehead atoms. The number of carbonyl (C=O) groups is 2. The second-order valence-electron chi connectivity index (χ2n) is 9.66. The van der Waals surface area contributed by atoms with E-state index in [-0.39, 0.29) is 11.9 Å². The number of hydrogen-bond acceptors (Lipinski definition) is 7. The van der Waals surface area contributed by atoms with Crippen molar-refractivity contribution in [1.29, 1.82) is 0 Å². The maximum atomic E-state index is 13.0. The fraction of sp³-hybridized carbons (Fsp3) is 0.385. The third-order valence-corrected chi connectivity index (χ3v) is 7.08. The fourth-order valence-electron chi connectivity index (χ4n) is 4.25. The highest BCUT2D eigenvalue weighted by molar-refractivity contribution is 7.19. The molecule has 34 heavy (non-hydrogen) atoms. The minimum atomic E-state index is -0.498. The van der Waals surface area contributed by atoms with Gasteiger partial charge in [-0.25, -0.2) is 14.8 Å². The number of ketones is 1. The zero-order valence-electron chi connectivity index (χ0n) is 19.7. The molecule has 3 aromatic rings. The van der Waals surface area contributed by atoms with Crippen LogP contribution in [-0.4, -0.2) is 58.5 Å². The van der Waals surface area contributed by atoms with E-state index in [1.165, 1.54) is 0 Å². The molecule has 1 amide bonds. The molecule has 1 aliphatic heterocycles. The highest BCUT2D eigenvalue weighted by Gasteiger charge is 2.27. The summed E-state index contributed by atoms with van der Waals surface area (Å²) in [4.78, 5) is 38.6. The number of carbonyl (C=O) groups excluding carboxylic acids is 2. The highest BCUT2D eigenvalue weighted by atomic mass is 32.1. The molecular weight excluding hydrogens is 448 g/mol. The van der Waals surface area contributed by atoms with Crippen LogP contribution in [0.15, 0.2) is 36.5 Å². The second-order valence-corrected chi connectivity index (χ2v) is 10.7. The van der Waals surface area contributed by atoms with E-state index in [0.29, 0.717) is 44.6 Å². The van der Waals surface area contributed by atoms with Crippen LogP contribution in [0.3, 0.4) is 0 Å². The lowest BCUT2D eigenvalue weighted by atomic mass is 10.1. The van der Waals surface area contributed by atoms with Crippen molar-refractivity contribution in [2.75, 3.05) is 31.1 Å². The number of thiazole rings is 1. The van der Waals surface area contributed by atoms with Gasteiger partial charge in [-0.05, 0) is 62.6 Å². The molecule has 7 nitrogen and oxygen atoms in total. The number of aromatic nitrogens is 2. The molecule has 0 saturated carbocycles. The van der Waals surface area contributed by atoms with Crippen molar-refractivity contribution in [3.05, 3.63) is 52.7 Å². The monoisotopic (exact) mass is 476 g/mol. The van der Waals surface area contributed by atoms with Crippen molar-refractivity contribution >= 4 is 50.9 Å². The predicted octanol–water partition coefficient (Wildman–Crippen LogP) is 4.80. The lowest BCUT2D eigenvalue weighted by Gasteiger charge is -2.36. The smallest absolute Gasteiger partial charge is 0.410 e. The Labute approximate surface area is 203 Å². The van der Waals surface area contributed by atoms with Gasteiger partial charge in [-0.15, -0.1) is 11.3 Å². The number of hydrogen-bond donors (Lipinski definition) is 0. The Morgan fingerprint density at radius 2 is 1.85 bits per heavy atom. The lowest BCUT2D eigenvalue weighted by Crippen LogP contribution is -2.50. The summed E-state index contributed by atoms with van der Waals surface area (Å²) in [5, 5.41) is 0.765. The Kier molecular flexibility index (Phi) is 5.85. The number of fused-ring (bicyclic) bond motifs is 2. The van der Waals surface area contributed by atoms with E-state index >= 15 is 0 Å². The van der Waals surface area contributed by atoms with Crippen molar-refractivity contribution < 1.29 is 14.3 Å². The maximum Gasteiger partial charge on any atom is 0.410 e. The number of amides is 1. The zero-order valence-corrected chi connectivity index (χ0v) is 20.5. The van der Waals surface area contributed by atoms with Crippen molar-refractivity contribution in [3.8, 4) is 0 Å². The molecule has 1 aromatic carbocycles. The summed E-state index contributed by atoms with van der Waals surface area (Å²) in [7, 11) is 0. The van der Waals surface area contributed by atoms with E-state index in [9.17, 15) is 9.59 Å². The third kappa shape index (κ3) is 4.68. The Hall–Kier alpha value is -3.26. The first kappa shape index (κ1) is 22.5. The molecular formula is C26H28N4O3S. The Bertz CT molecular complexity index is 1250. The average Bonchev–Trinajstić information content (AvgIpc) is 3.16. The summed E-state index contributed by atoms with van der Waals surface area (Å²) in [6, 6.07) is 10.0. The number of allylic oxidation sites excluding steroid dienone is 1. The Morgan fingerprint density at radius 1 is 1.09 bits per heavy atom. The van der Waals surface area contributed by atoms with Gasteiger partial charge in [-0.1, -0.05) is 12.1 Å². The molecule has 1 aliphatic carbocycles. The van der Waals surface area contributed by atoms with Gasteiger partial charge in [-0.3, -0.25) is 4.79 Å². The summed E-state index contributed by atoms with van der Waals surface area (Å²) in [6.07, 6.45) is 4.65. The second kappa shape index (κ2) is 8.83. The molecule has 1 fully saturated rings. The van der Waals surface area contributed by atoms with Crippen LogP contribution in [0.5, 0.6) is 0 Å². The molecule has 0 radical (unpaired) electrons. The first-order chi connectivity index (χ1) is 16.3. The molecule has 176 valence electrons. The number of pyridine rings is 1. The first-order valence-electron chi connectivity index (χ1n) is 11.6. The van der Waals surface area contributed by atoms with Crippen LogP contribution in [0.25, 0.3) is 21.9 Å². The quantitative estimate of drug-likeness (QED) is 0.529. The fourth-order valence-corrected chi connectivity index (χ4v) is 5.25. The summed E-state index contributed by atoms with van der Waals surface area (Å²) in [6.45, 7) is 8.20. The van der Waals surface area contributed by atoms with Crippen LogP contribution in [0.1, 0.15) is 43.3 Å². The van der Waals surface area contributed by atoms with Gasteiger partial charge < -0.3 is 14.5 Å². The number of nitrogens with zero attached hydrogens (tertiary/aromatic N) is 4. The van der Waals surface area contributed by atoms with E-state index in [0.717, 1.165) is 32.2 Å². The first-order valence-corrected chi connectivity index (χ1v) is 12.4. The van der Waals surface area contributed by atoms with E-state index in [4.69, 9.17) is 14.7 Å². The largest absolute Gasteiger partial charge is 0.444 e. The van der Waals surface area contributed by atoms with Crippen molar-refractivity contribution in [1.82, 2.24) is 14.9 Å². The highest BCUT2D eigenvalue weighted by Crippen LogP contribution is 2.33. The molecule has 5 rings (SSSR count). The van der Waals surface area contributed by atoms with Crippen molar-refractivity contribution in [3.63, 3.8) is 0 Å². The van der Waals surface area contributed by atoms with Crippen LogP contribution >= 0.6 is 11.3 Å². The van der Waals surface area contributed by atoms with Crippen LogP contribution in [-0.2, 0) is 16.0 Å². The summed E-state index contributed by atoms with van der Waals surface area (Å²) in [5.41, 5.74) is 3.17. The number of para-hydroxylation sites is 1. The molecule has 0 N–H and O–H groups in total. The standard InChI is InChI=1S/C26H28N4O3S/c1-26(2,3)33-25(32)30-12-10-29(11-13-30)23-15-17-8-9-21(31)19(14-18(17)16-27-23)24-28-20-6-4-5-7-22(20)34-24/h4-7,14-16H,8-13H2,1-3H3. The van der Waals surface area contributed by atoms with E-state index in [2.05, 4.69) is 11.0 Å². The van der Waals surface area contributed by atoms with E-state index in [1.807, 2.05) is 57.3 Å². The van der Waals surface area contributed by atoms with Crippen molar-refractivity contribution in [2.45, 2.75) is 39.2 Å². The number of rotatable bonds is 2. The van der Waals surface area contributed by atoms with E-state index in [1.54, 1.807) is 16.2 Å². The van der Waals surface area contributed by atoms with Gasteiger partial charge >= 0.3 is 6.09 Å². The zero-order chi connectivity index (χ0) is 23.9. The molecule has 8 heteroatoms. The lowest BCUT2D eigenvalue weighted by molar-refractivity contribution is -0.113. The normalized spacial score (nSPS) is 16.8. The minimum Gasteiger partial charge on any atom is -0.444 e. The molecule has 3 heterocycles. The summed E-state index contributed by atoms with van der Waals surface area (Å²) < 4.78 is 6.57. The topological polar surface area (TPSA) is 75.6 Å². The van der Waals surface area contributed by atoms with Gasteiger partial charge in [-0.2, -0.15) is 0 Å². The molecule has 0 atom stereocenters. The number of anilines is 1. The van der Waals surface area contributed by atoms with Gasteiger partial charge in [0, 0.05) is 38.8 Å². The number of piperazine rings is 1. The predicted molar refractivity (Wildman–Crippen MR) is 135 cm³/mol. The Balaban J connectivity index is 1.34. The third-order valence-electron chi connectivity index (χ3n) is 6.01. The number of benzene rings is 1. The van der Waals surface area contributed by atoms with Gasteiger partial charge in [0.25, 0.3) is 0 Å². The maximum absolute atomic E-state index is 13.0. The molecule has 2 aliphatic rings. The average molecular weight is 477 g/mol. The van der Waals surface area contributed by atoms with Gasteiger partial charge in [0.1, 0.15) is 16.4 Å².